The molecule has 0 bridgehead atoms. The predicted molar refractivity (Wildman–Crippen MR) is 109 cm³/mol. The van der Waals surface area contributed by atoms with Crippen molar-refractivity contribution in [1.29, 1.82) is 0 Å². The quantitative estimate of drug-likeness (QED) is 0.677. The highest BCUT2D eigenvalue weighted by atomic mass is 32.2. The summed E-state index contributed by atoms with van der Waals surface area (Å²) in [5, 5.41) is 4.74. The van der Waals surface area contributed by atoms with Gasteiger partial charge in [0.25, 0.3) is 10.0 Å². The Hall–Kier alpha value is -2.80. The number of nitrogens with one attached hydrogen (secondary N) is 1. The van der Waals surface area contributed by atoms with E-state index in [-0.39, 0.29) is 4.90 Å². The van der Waals surface area contributed by atoms with Crippen molar-refractivity contribution in [1.82, 2.24) is 9.78 Å². The lowest BCUT2D eigenvalue weighted by Crippen LogP contribution is -2.17. The van der Waals surface area contributed by atoms with Crippen molar-refractivity contribution >= 4 is 15.8 Å². The molecule has 0 spiro atoms. The minimum absolute atomic E-state index is 0.224. The first-order valence-electron chi connectivity index (χ1n) is 9.23. The highest BCUT2D eigenvalue weighted by molar-refractivity contribution is 7.92. The Labute approximate surface area is 165 Å². The number of anilines is 1. The molecule has 1 heterocycles. The maximum atomic E-state index is 13.2. The molecule has 1 fully saturated rings. The van der Waals surface area contributed by atoms with Gasteiger partial charge in [-0.3, -0.25) is 4.72 Å². The van der Waals surface area contributed by atoms with Crippen LogP contribution >= 0.6 is 0 Å². The monoisotopic (exact) mass is 397 g/mol. The molecule has 146 valence electrons. The predicted octanol–water partition coefficient (Wildman–Crippen LogP) is 4.18. The molecule has 0 amide bonds. The maximum absolute atomic E-state index is 13.2. The maximum Gasteiger partial charge on any atom is 0.263 e. The number of rotatable bonds is 6. The molecule has 7 heteroatoms. The van der Waals surface area contributed by atoms with E-state index in [9.17, 15) is 8.42 Å². The van der Waals surface area contributed by atoms with Gasteiger partial charge in [0.2, 0.25) is 0 Å². The lowest BCUT2D eigenvalue weighted by atomic mass is 10.2. The zero-order chi connectivity index (χ0) is 19.9. The van der Waals surface area contributed by atoms with Crippen LogP contribution in [0.4, 0.5) is 5.82 Å². The molecule has 1 saturated carbocycles. The number of aryl methyl sites for hydroxylation is 1. The summed E-state index contributed by atoms with van der Waals surface area (Å²) in [6.07, 6.45) is 2.19. The summed E-state index contributed by atoms with van der Waals surface area (Å²) in [4.78, 5) is 0.224. The number of para-hydroxylation sites is 1. The van der Waals surface area contributed by atoms with Crippen LogP contribution in [0.2, 0.25) is 0 Å². The fourth-order valence-electron chi connectivity index (χ4n) is 3.37. The van der Waals surface area contributed by atoms with E-state index >= 15 is 0 Å². The van der Waals surface area contributed by atoms with Gasteiger partial charge in [0.05, 0.1) is 23.4 Å². The molecule has 2 aromatic carbocycles. The fraction of sp³-hybridized carbons (Fsp3) is 0.286. The summed E-state index contributed by atoms with van der Waals surface area (Å²) in [7, 11) is -2.22. The highest BCUT2D eigenvalue weighted by Crippen LogP contribution is 2.43. The Morgan fingerprint density at radius 2 is 1.82 bits per heavy atom. The number of hydrogen-bond acceptors (Lipinski definition) is 4. The second-order valence-electron chi connectivity index (χ2n) is 7.12. The molecule has 1 N–H and O–H groups in total. The molecule has 4 rings (SSSR count). The molecule has 0 atom stereocenters. The molecule has 0 aliphatic heterocycles. The number of aromatic nitrogens is 2. The zero-order valence-corrected chi connectivity index (χ0v) is 17.0. The van der Waals surface area contributed by atoms with E-state index in [4.69, 9.17) is 9.84 Å². The van der Waals surface area contributed by atoms with Crippen LogP contribution in [0.15, 0.2) is 53.4 Å². The minimum Gasteiger partial charge on any atom is -0.497 e. The van der Waals surface area contributed by atoms with Crippen LogP contribution in [0.1, 0.15) is 35.6 Å². The Bertz CT molecular complexity index is 1120. The van der Waals surface area contributed by atoms with Gasteiger partial charge in [-0.15, -0.1) is 0 Å². The minimum atomic E-state index is -3.78. The lowest BCUT2D eigenvalue weighted by molar-refractivity contribution is 0.414. The Morgan fingerprint density at radius 3 is 2.43 bits per heavy atom. The molecular weight excluding hydrogens is 374 g/mol. The van der Waals surface area contributed by atoms with Crippen LogP contribution in [-0.4, -0.2) is 25.3 Å². The SMILES string of the molecule is COc1ccc(S(=O)(=O)Nc2c(C)c(C3CC3)nn2-c2ccccc2)c(C)c1. The average Bonchev–Trinajstić information content (AvgIpc) is 3.48. The van der Waals surface area contributed by atoms with Gasteiger partial charge in [0, 0.05) is 11.5 Å². The van der Waals surface area contributed by atoms with Crippen LogP contribution in [0.25, 0.3) is 5.69 Å². The molecule has 0 unspecified atom stereocenters. The first kappa shape index (κ1) is 18.6. The van der Waals surface area contributed by atoms with Gasteiger partial charge in [0.1, 0.15) is 11.6 Å². The molecule has 0 saturated heterocycles. The second kappa shape index (κ2) is 6.98. The van der Waals surface area contributed by atoms with Crippen molar-refractivity contribution in [3.8, 4) is 11.4 Å². The van der Waals surface area contributed by atoms with Crippen molar-refractivity contribution in [2.45, 2.75) is 37.5 Å². The Balaban J connectivity index is 1.79. The molecule has 1 aliphatic carbocycles. The first-order chi connectivity index (χ1) is 13.4. The van der Waals surface area contributed by atoms with Crippen LogP contribution in [0, 0.1) is 13.8 Å². The van der Waals surface area contributed by atoms with Crippen LogP contribution < -0.4 is 9.46 Å². The normalized spacial score (nSPS) is 14.1. The fourth-order valence-corrected chi connectivity index (χ4v) is 4.70. The van der Waals surface area contributed by atoms with E-state index in [0.29, 0.717) is 23.0 Å². The van der Waals surface area contributed by atoms with E-state index in [1.54, 1.807) is 36.9 Å². The third-order valence-electron chi connectivity index (χ3n) is 5.03. The van der Waals surface area contributed by atoms with Crippen molar-refractivity contribution in [3.05, 3.63) is 65.4 Å². The summed E-state index contributed by atoms with van der Waals surface area (Å²) in [5.41, 5.74) is 3.29. The highest BCUT2D eigenvalue weighted by Gasteiger charge is 2.32. The second-order valence-corrected chi connectivity index (χ2v) is 8.77. The first-order valence-corrected chi connectivity index (χ1v) is 10.7. The molecular formula is C21H23N3O3S. The van der Waals surface area contributed by atoms with E-state index in [1.807, 2.05) is 37.3 Å². The third kappa shape index (κ3) is 3.38. The van der Waals surface area contributed by atoms with Gasteiger partial charge in [0.15, 0.2) is 0 Å². The number of methoxy groups -OCH3 is 1. The molecule has 28 heavy (non-hydrogen) atoms. The van der Waals surface area contributed by atoms with Gasteiger partial charge >= 0.3 is 0 Å². The Kier molecular flexibility index (Phi) is 4.63. The summed E-state index contributed by atoms with van der Waals surface area (Å²) in [6, 6.07) is 14.5. The van der Waals surface area contributed by atoms with Gasteiger partial charge in [-0.2, -0.15) is 5.10 Å². The van der Waals surface area contributed by atoms with Crippen molar-refractivity contribution in [3.63, 3.8) is 0 Å². The average molecular weight is 398 g/mol. The summed E-state index contributed by atoms with van der Waals surface area (Å²) < 4.78 is 36.0. The van der Waals surface area contributed by atoms with E-state index in [0.717, 1.165) is 29.8 Å². The van der Waals surface area contributed by atoms with E-state index in [1.165, 1.54) is 0 Å². The topological polar surface area (TPSA) is 73.2 Å². The summed E-state index contributed by atoms with van der Waals surface area (Å²) in [5.74, 6) is 1.53. The molecule has 3 aromatic rings. The van der Waals surface area contributed by atoms with Crippen molar-refractivity contribution < 1.29 is 13.2 Å². The van der Waals surface area contributed by atoms with Gasteiger partial charge in [-0.1, -0.05) is 18.2 Å². The van der Waals surface area contributed by atoms with E-state index < -0.39 is 10.0 Å². The molecule has 0 radical (unpaired) electrons. The smallest absolute Gasteiger partial charge is 0.263 e. The third-order valence-corrected chi connectivity index (χ3v) is 6.53. The van der Waals surface area contributed by atoms with Crippen molar-refractivity contribution in [2.24, 2.45) is 0 Å². The summed E-state index contributed by atoms with van der Waals surface area (Å²) in [6.45, 7) is 3.69. The number of ether oxygens (including phenoxy) is 1. The number of benzene rings is 2. The van der Waals surface area contributed by atoms with Gasteiger partial charge < -0.3 is 4.74 Å². The van der Waals surface area contributed by atoms with Crippen LogP contribution in [-0.2, 0) is 10.0 Å². The largest absolute Gasteiger partial charge is 0.497 e. The Morgan fingerprint density at radius 1 is 1.11 bits per heavy atom. The number of hydrogen-bond donors (Lipinski definition) is 1. The van der Waals surface area contributed by atoms with Crippen LogP contribution in [0.5, 0.6) is 5.75 Å². The van der Waals surface area contributed by atoms with Gasteiger partial charge in [-0.05, 0) is 62.6 Å². The molecule has 1 aliphatic rings. The standard InChI is InChI=1S/C21H23N3O3S/c1-14-13-18(27-3)11-12-19(14)28(25,26)23-21-15(2)20(16-9-10-16)22-24(21)17-7-5-4-6-8-17/h4-8,11-13,16,23H,9-10H2,1-3H3. The lowest BCUT2D eigenvalue weighted by Gasteiger charge is -2.14. The van der Waals surface area contributed by atoms with Crippen LogP contribution in [0.3, 0.4) is 0 Å². The van der Waals surface area contributed by atoms with Crippen molar-refractivity contribution in [2.75, 3.05) is 11.8 Å². The van der Waals surface area contributed by atoms with Gasteiger partial charge in [-0.25, -0.2) is 13.1 Å². The number of sulfonamides is 1. The molecule has 6 nitrogen and oxygen atoms in total. The zero-order valence-electron chi connectivity index (χ0n) is 16.1. The summed E-state index contributed by atoms with van der Waals surface area (Å²) >= 11 is 0. The van der Waals surface area contributed by atoms with E-state index in [2.05, 4.69) is 4.72 Å². The number of nitrogens with zero attached hydrogens (tertiary/aromatic N) is 2. The molecule has 1 aromatic heterocycles.